The molecule has 1 unspecified atom stereocenters. The number of guanidine groups is 1. The molecule has 1 aliphatic heterocycles. The second kappa shape index (κ2) is 9.31. The average Bonchev–Trinajstić information content (AvgIpc) is 3.04. The molecule has 1 fully saturated rings. The van der Waals surface area contributed by atoms with Crippen molar-refractivity contribution in [1.29, 1.82) is 0 Å². The van der Waals surface area contributed by atoms with Gasteiger partial charge in [0, 0.05) is 23.6 Å². The summed E-state index contributed by atoms with van der Waals surface area (Å²) in [5.41, 5.74) is 6.36. The van der Waals surface area contributed by atoms with Gasteiger partial charge in [-0.15, -0.1) is 17.5 Å². The van der Waals surface area contributed by atoms with Crippen LogP contribution in [0.5, 0.6) is 5.75 Å². The van der Waals surface area contributed by atoms with E-state index in [1.54, 1.807) is 41.4 Å². The lowest BCUT2D eigenvalue weighted by molar-refractivity contribution is 0.0976. The molecule has 0 aromatic heterocycles. The second-order valence-corrected chi connectivity index (χ2v) is 6.14. The first-order valence-electron chi connectivity index (χ1n) is 7.98. The Hall–Kier alpha value is -2.44. The van der Waals surface area contributed by atoms with Crippen LogP contribution in [0.15, 0.2) is 59.7 Å². The Morgan fingerprint density at radius 2 is 1.88 bits per heavy atom. The predicted octanol–water partition coefficient (Wildman–Crippen LogP) is 2.87. The summed E-state index contributed by atoms with van der Waals surface area (Å²) in [7, 11) is 0. The van der Waals surface area contributed by atoms with Crippen molar-refractivity contribution in [2.75, 3.05) is 13.1 Å². The summed E-state index contributed by atoms with van der Waals surface area (Å²) >= 11 is 5.86. The molecule has 0 saturated carbocycles. The van der Waals surface area contributed by atoms with Crippen molar-refractivity contribution in [3.05, 3.63) is 65.2 Å². The fourth-order valence-corrected chi connectivity index (χ4v) is 2.68. The van der Waals surface area contributed by atoms with Gasteiger partial charge in [0.1, 0.15) is 11.9 Å². The van der Waals surface area contributed by atoms with Crippen molar-refractivity contribution >= 4 is 35.9 Å². The zero-order chi connectivity index (χ0) is 17.6. The minimum absolute atomic E-state index is 0. The molecular weight excluding hydrogens is 375 g/mol. The molecule has 138 valence electrons. The first kappa shape index (κ1) is 19.9. The summed E-state index contributed by atoms with van der Waals surface area (Å²) in [5, 5.41) is 9.29. The van der Waals surface area contributed by atoms with Crippen LogP contribution < -0.4 is 15.8 Å². The largest absolute Gasteiger partial charge is 0.488 e. The third kappa shape index (κ3) is 5.54. The first-order chi connectivity index (χ1) is 12.1. The fraction of sp³-hybridized carbons (Fsp3) is 0.222. The van der Waals surface area contributed by atoms with Gasteiger partial charge in [0.25, 0.3) is 5.91 Å². The Morgan fingerprint density at radius 3 is 2.58 bits per heavy atom. The van der Waals surface area contributed by atoms with Gasteiger partial charge in [0.15, 0.2) is 0 Å². The van der Waals surface area contributed by atoms with E-state index in [4.69, 9.17) is 22.1 Å². The molecule has 1 heterocycles. The number of carbonyl (C=O) groups excluding carboxylic acids is 1. The smallest absolute Gasteiger partial charge is 0.257 e. The van der Waals surface area contributed by atoms with Crippen molar-refractivity contribution in [3.8, 4) is 5.75 Å². The van der Waals surface area contributed by atoms with E-state index < -0.39 is 0 Å². The lowest BCUT2D eigenvalue weighted by atomic mass is 10.2. The molecule has 3 N–H and O–H groups in total. The SMILES string of the molecule is Cl.NC(=NN1CCC(Oc2ccc(Cl)cc2)C1)NC(=O)c1ccccc1. The van der Waals surface area contributed by atoms with E-state index in [1.807, 2.05) is 18.2 Å². The number of hydrogen-bond donors (Lipinski definition) is 2. The molecule has 26 heavy (non-hydrogen) atoms. The molecule has 0 aliphatic carbocycles. The maximum absolute atomic E-state index is 12.0. The van der Waals surface area contributed by atoms with E-state index in [9.17, 15) is 4.79 Å². The summed E-state index contributed by atoms with van der Waals surface area (Å²) in [6.07, 6.45) is 0.842. The van der Waals surface area contributed by atoms with Gasteiger partial charge in [-0.05, 0) is 36.4 Å². The van der Waals surface area contributed by atoms with Crippen LogP contribution in [0.25, 0.3) is 0 Å². The minimum Gasteiger partial charge on any atom is -0.488 e. The van der Waals surface area contributed by atoms with E-state index in [1.165, 1.54) is 0 Å². The van der Waals surface area contributed by atoms with Crippen molar-refractivity contribution in [3.63, 3.8) is 0 Å². The highest BCUT2D eigenvalue weighted by Crippen LogP contribution is 2.20. The van der Waals surface area contributed by atoms with Crippen molar-refractivity contribution in [1.82, 2.24) is 10.3 Å². The molecule has 1 atom stereocenters. The van der Waals surface area contributed by atoms with Gasteiger partial charge in [-0.3, -0.25) is 15.1 Å². The Kier molecular flexibility index (Phi) is 7.12. The van der Waals surface area contributed by atoms with E-state index in [-0.39, 0.29) is 30.4 Å². The fourth-order valence-electron chi connectivity index (χ4n) is 2.56. The predicted molar refractivity (Wildman–Crippen MR) is 105 cm³/mol. The van der Waals surface area contributed by atoms with E-state index in [2.05, 4.69) is 10.4 Å². The topological polar surface area (TPSA) is 79.9 Å². The molecule has 0 radical (unpaired) electrons. The highest BCUT2D eigenvalue weighted by atomic mass is 35.5. The van der Waals surface area contributed by atoms with Crippen LogP contribution in [0.1, 0.15) is 16.8 Å². The number of nitrogens with zero attached hydrogens (tertiary/aromatic N) is 2. The third-order valence-corrected chi connectivity index (χ3v) is 4.02. The summed E-state index contributed by atoms with van der Waals surface area (Å²) in [5.74, 6) is 0.557. The Labute approximate surface area is 163 Å². The summed E-state index contributed by atoms with van der Waals surface area (Å²) in [6.45, 7) is 1.31. The van der Waals surface area contributed by atoms with Gasteiger partial charge in [0.05, 0.1) is 6.54 Å². The van der Waals surface area contributed by atoms with Gasteiger partial charge in [-0.1, -0.05) is 29.8 Å². The maximum atomic E-state index is 12.0. The lowest BCUT2D eigenvalue weighted by Gasteiger charge is -2.15. The van der Waals surface area contributed by atoms with E-state index >= 15 is 0 Å². The molecule has 2 aromatic rings. The van der Waals surface area contributed by atoms with Gasteiger partial charge in [-0.2, -0.15) is 0 Å². The minimum atomic E-state index is -0.282. The number of amides is 1. The molecule has 1 saturated heterocycles. The van der Waals surface area contributed by atoms with Crippen LogP contribution in [-0.4, -0.2) is 36.1 Å². The van der Waals surface area contributed by atoms with Crippen LogP contribution in [0, 0.1) is 0 Å². The molecule has 2 aromatic carbocycles. The number of carbonyl (C=O) groups is 1. The van der Waals surface area contributed by atoms with Gasteiger partial charge >= 0.3 is 0 Å². The van der Waals surface area contributed by atoms with Crippen molar-refractivity contribution in [2.24, 2.45) is 10.8 Å². The Bertz CT molecular complexity index is 754. The number of hydrogen-bond acceptors (Lipinski definition) is 4. The van der Waals surface area contributed by atoms with Crippen LogP contribution in [0.3, 0.4) is 0 Å². The normalized spacial score (nSPS) is 16.7. The molecule has 8 heteroatoms. The molecular formula is C18H20Cl2N4O2. The van der Waals surface area contributed by atoms with Crippen molar-refractivity contribution in [2.45, 2.75) is 12.5 Å². The number of nitrogens with two attached hydrogens (primary N) is 1. The van der Waals surface area contributed by atoms with Gasteiger partial charge in [0.2, 0.25) is 5.96 Å². The van der Waals surface area contributed by atoms with Crippen LogP contribution >= 0.6 is 24.0 Å². The summed E-state index contributed by atoms with van der Waals surface area (Å²) < 4.78 is 5.89. The van der Waals surface area contributed by atoms with Gasteiger partial charge in [-0.25, -0.2) is 0 Å². The maximum Gasteiger partial charge on any atom is 0.257 e. The van der Waals surface area contributed by atoms with Crippen LogP contribution in [0.2, 0.25) is 5.02 Å². The van der Waals surface area contributed by atoms with Crippen LogP contribution in [-0.2, 0) is 0 Å². The standard InChI is InChI=1S/C18H19ClN4O2.ClH/c19-14-6-8-15(9-7-14)25-16-10-11-23(12-16)22-18(20)21-17(24)13-4-2-1-3-5-13;/h1-9,16H,10-12H2,(H3,20,21,22,24);1H. The second-order valence-electron chi connectivity index (χ2n) is 5.70. The number of ether oxygens (including phenoxy) is 1. The third-order valence-electron chi connectivity index (χ3n) is 3.77. The number of nitrogens with one attached hydrogen (secondary N) is 1. The summed E-state index contributed by atoms with van der Waals surface area (Å²) in [6, 6.07) is 16.1. The molecule has 1 aliphatic rings. The monoisotopic (exact) mass is 394 g/mol. The molecule has 1 amide bonds. The average molecular weight is 395 g/mol. The number of halogens is 2. The quantitative estimate of drug-likeness (QED) is 0.616. The molecule has 0 bridgehead atoms. The van der Waals surface area contributed by atoms with E-state index in [0.29, 0.717) is 23.7 Å². The first-order valence-corrected chi connectivity index (χ1v) is 8.35. The number of rotatable bonds is 4. The number of hydrazone groups is 1. The van der Waals surface area contributed by atoms with Crippen molar-refractivity contribution < 1.29 is 9.53 Å². The number of benzene rings is 2. The lowest BCUT2D eigenvalue weighted by Crippen LogP contribution is -2.38. The zero-order valence-corrected chi connectivity index (χ0v) is 15.5. The highest BCUT2D eigenvalue weighted by Gasteiger charge is 2.23. The van der Waals surface area contributed by atoms with Crippen LogP contribution in [0.4, 0.5) is 0 Å². The summed E-state index contributed by atoms with van der Waals surface area (Å²) in [4.78, 5) is 12.0. The van der Waals surface area contributed by atoms with Gasteiger partial charge < -0.3 is 10.5 Å². The Balaban J connectivity index is 0.00000243. The molecule has 3 rings (SSSR count). The van der Waals surface area contributed by atoms with E-state index in [0.717, 1.165) is 12.2 Å². The highest BCUT2D eigenvalue weighted by molar-refractivity contribution is 6.30. The molecule has 0 spiro atoms. The zero-order valence-electron chi connectivity index (χ0n) is 14.0. The molecule has 6 nitrogen and oxygen atoms in total. The Morgan fingerprint density at radius 1 is 1.19 bits per heavy atom.